The van der Waals surface area contributed by atoms with Gasteiger partial charge in [-0.1, -0.05) is 39.7 Å². The fourth-order valence-corrected chi connectivity index (χ4v) is 3.81. The third-order valence-electron chi connectivity index (χ3n) is 5.22. The molecule has 2 rings (SSSR count). The van der Waals surface area contributed by atoms with Crippen molar-refractivity contribution in [2.45, 2.75) is 77.1 Å². The fraction of sp³-hybridized carbons (Fsp3) is 0.667. The van der Waals surface area contributed by atoms with Crippen molar-refractivity contribution in [3.8, 4) is 5.75 Å². The molecule has 0 spiro atoms. The van der Waals surface area contributed by atoms with E-state index in [1.165, 1.54) is 31.2 Å². The molecular weight excluding hydrogens is 276 g/mol. The topological polar surface area (TPSA) is 29.5 Å². The highest BCUT2D eigenvalue weighted by Crippen LogP contribution is 2.43. The Hall–Kier alpha value is -0.803. The summed E-state index contributed by atoms with van der Waals surface area (Å²) in [5.74, 6) is 1.67. The highest BCUT2D eigenvalue weighted by atomic mass is 28.4. The molecule has 0 aliphatic heterocycles. The first-order chi connectivity index (χ1) is 9.74. The maximum absolute atomic E-state index is 9.43. The van der Waals surface area contributed by atoms with Crippen molar-refractivity contribution in [2.75, 3.05) is 0 Å². The van der Waals surface area contributed by atoms with E-state index in [9.17, 15) is 5.11 Å². The number of benzene rings is 1. The molecular formula is C18H30O2Si. The predicted octanol–water partition coefficient (Wildman–Crippen LogP) is 5.22. The van der Waals surface area contributed by atoms with Crippen LogP contribution in [0.5, 0.6) is 5.75 Å². The quantitative estimate of drug-likeness (QED) is 0.773. The lowest BCUT2D eigenvalue weighted by atomic mass is 9.95. The molecule has 1 fully saturated rings. The molecule has 0 atom stereocenters. The largest absolute Gasteiger partial charge is 0.543 e. The van der Waals surface area contributed by atoms with Crippen molar-refractivity contribution in [1.82, 2.24) is 0 Å². The van der Waals surface area contributed by atoms with Crippen LogP contribution in [0.15, 0.2) is 18.2 Å². The second kappa shape index (κ2) is 6.13. The Balaban J connectivity index is 2.34. The fourth-order valence-electron chi connectivity index (χ4n) is 2.77. The number of aliphatic hydroxyl groups is 1. The van der Waals surface area contributed by atoms with Gasteiger partial charge in [0.05, 0.1) is 6.61 Å². The maximum Gasteiger partial charge on any atom is 0.250 e. The first kappa shape index (κ1) is 16.6. The molecule has 3 heteroatoms. The molecule has 2 nitrogen and oxygen atoms in total. The Bertz CT molecular complexity index is 482. The van der Waals surface area contributed by atoms with Crippen LogP contribution in [0.1, 0.15) is 63.5 Å². The van der Waals surface area contributed by atoms with E-state index >= 15 is 0 Å². The van der Waals surface area contributed by atoms with Crippen LogP contribution >= 0.6 is 0 Å². The van der Waals surface area contributed by atoms with Crippen LogP contribution in [0.2, 0.25) is 18.1 Å². The van der Waals surface area contributed by atoms with Gasteiger partial charge in [0.25, 0.3) is 0 Å². The van der Waals surface area contributed by atoms with Crippen molar-refractivity contribution >= 4 is 8.32 Å². The Morgan fingerprint density at radius 3 is 2.33 bits per heavy atom. The lowest BCUT2D eigenvalue weighted by Gasteiger charge is -2.37. The molecule has 0 radical (unpaired) electrons. The highest BCUT2D eigenvalue weighted by Gasteiger charge is 2.39. The summed E-state index contributed by atoms with van der Waals surface area (Å²) in [4.78, 5) is 0. The van der Waals surface area contributed by atoms with Crippen LogP contribution in [-0.4, -0.2) is 13.4 Å². The molecule has 0 aromatic heterocycles. The average Bonchev–Trinajstić information content (AvgIpc) is 2.91. The monoisotopic (exact) mass is 306 g/mol. The zero-order valence-corrected chi connectivity index (χ0v) is 15.2. The van der Waals surface area contributed by atoms with Gasteiger partial charge in [-0.15, -0.1) is 0 Å². The zero-order chi connectivity index (χ0) is 15.7. The molecule has 0 amide bonds. The smallest absolute Gasteiger partial charge is 0.250 e. The summed E-state index contributed by atoms with van der Waals surface area (Å²) in [6.45, 7) is 11.5. The molecule has 1 N–H and O–H groups in total. The van der Waals surface area contributed by atoms with Gasteiger partial charge < -0.3 is 9.53 Å². The number of aliphatic hydroxyl groups excluding tert-OH is 1. The first-order valence-corrected chi connectivity index (χ1v) is 11.1. The molecule has 0 unspecified atom stereocenters. The zero-order valence-electron chi connectivity index (χ0n) is 14.2. The van der Waals surface area contributed by atoms with Crippen molar-refractivity contribution in [3.63, 3.8) is 0 Å². The average molecular weight is 307 g/mol. The molecule has 0 bridgehead atoms. The summed E-state index contributed by atoms with van der Waals surface area (Å²) in [6.07, 6.45) is 5.13. The Morgan fingerprint density at radius 2 is 1.81 bits per heavy atom. The maximum atomic E-state index is 9.43. The van der Waals surface area contributed by atoms with Crippen LogP contribution in [0, 0.1) is 0 Å². The highest BCUT2D eigenvalue weighted by molar-refractivity contribution is 6.74. The van der Waals surface area contributed by atoms with Crippen LogP contribution in [0.4, 0.5) is 0 Å². The van der Waals surface area contributed by atoms with E-state index in [1.54, 1.807) is 0 Å². The number of hydrogen-bond acceptors (Lipinski definition) is 2. The van der Waals surface area contributed by atoms with Gasteiger partial charge in [-0.25, -0.2) is 0 Å². The first-order valence-electron chi connectivity index (χ1n) is 8.17. The van der Waals surface area contributed by atoms with Crippen molar-refractivity contribution in [1.29, 1.82) is 0 Å². The molecule has 1 aromatic rings. The van der Waals surface area contributed by atoms with Gasteiger partial charge in [0.2, 0.25) is 8.32 Å². The molecule has 0 heterocycles. The van der Waals surface area contributed by atoms with Crippen molar-refractivity contribution in [3.05, 3.63) is 29.3 Å². The summed E-state index contributed by atoms with van der Waals surface area (Å²) in [6, 6.07) is 6.25. The molecule has 21 heavy (non-hydrogen) atoms. The Labute approximate surface area is 130 Å². The van der Waals surface area contributed by atoms with E-state index in [-0.39, 0.29) is 11.6 Å². The normalized spacial score (nSPS) is 17.2. The van der Waals surface area contributed by atoms with Crippen LogP contribution in [0.25, 0.3) is 0 Å². The second-order valence-corrected chi connectivity index (χ2v) is 12.6. The number of hydrogen-bond donors (Lipinski definition) is 1. The standard InChI is InChI=1S/C18H30O2Si/c1-18(2,3)21(4,5)20-17-11-10-14(13-19)12-16(17)15-8-6-7-9-15/h10-12,15,19H,6-9,13H2,1-5H3. The van der Waals surface area contributed by atoms with E-state index in [0.29, 0.717) is 5.92 Å². The summed E-state index contributed by atoms with van der Waals surface area (Å²) in [7, 11) is -1.82. The van der Waals surface area contributed by atoms with Crippen molar-refractivity contribution < 1.29 is 9.53 Å². The Kier molecular flexibility index (Phi) is 4.84. The summed E-state index contributed by atoms with van der Waals surface area (Å²) in [5, 5.41) is 9.63. The molecule has 1 aliphatic rings. The van der Waals surface area contributed by atoms with Gasteiger partial charge in [-0.3, -0.25) is 0 Å². The predicted molar refractivity (Wildman–Crippen MR) is 91.4 cm³/mol. The van der Waals surface area contributed by atoms with Crippen molar-refractivity contribution in [2.24, 2.45) is 0 Å². The molecule has 118 valence electrons. The SMILES string of the molecule is CC(C)(C)[Si](C)(C)Oc1ccc(CO)cc1C1CCCC1. The van der Waals surface area contributed by atoms with Gasteiger partial charge in [-0.2, -0.15) is 0 Å². The lowest BCUT2D eigenvalue weighted by molar-refractivity contribution is 0.281. The van der Waals surface area contributed by atoms with Crippen LogP contribution in [-0.2, 0) is 6.61 Å². The van der Waals surface area contributed by atoms with Crippen LogP contribution in [0.3, 0.4) is 0 Å². The van der Waals surface area contributed by atoms with Gasteiger partial charge >= 0.3 is 0 Å². The minimum Gasteiger partial charge on any atom is -0.543 e. The van der Waals surface area contributed by atoms with E-state index in [0.717, 1.165) is 11.3 Å². The van der Waals surface area contributed by atoms with E-state index in [1.807, 2.05) is 6.07 Å². The minimum absolute atomic E-state index is 0.111. The molecule has 0 saturated heterocycles. The van der Waals surface area contributed by atoms with E-state index in [2.05, 4.69) is 46.0 Å². The number of rotatable bonds is 4. The third kappa shape index (κ3) is 3.70. The van der Waals surface area contributed by atoms with Crippen LogP contribution < -0.4 is 4.43 Å². The van der Waals surface area contributed by atoms with Gasteiger partial charge in [0.15, 0.2) is 0 Å². The molecule has 1 saturated carbocycles. The minimum atomic E-state index is -1.82. The van der Waals surface area contributed by atoms with Gasteiger partial charge in [-0.05, 0) is 60.2 Å². The van der Waals surface area contributed by atoms with E-state index in [4.69, 9.17) is 4.43 Å². The van der Waals surface area contributed by atoms with Gasteiger partial charge in [0, 0.05) is 0 Å². The molecule has 1 aliphatic carbocycles. The third-order valence-corrected chi connectivity index (χ3v) is 9.57. The van der Waals surface area contributed by atoms with E-state index < -0.39 is 8.32 Å². The summed E-state index contributed by atoms with van der Waals surface area (Å²) < 4.78 is 6.57. The lowest BCUT2D eigenvalue weighted by Crippen LogP contribution is -2.44. The molecule has 1 aromatic carbocycles. The summed E-state index contributed by atoms with van der Waals surface area (Å²) >= 11 is 0. The Morgan fingerprint density at radius 1 is 1.19 bits per heavy atom. The van der Waals surface area contributed by atoms with Gasteiger partial charge in [0.1, 0.15) is 5.75 Å². The summed E-state index contributed by atoms with van der Waals surface area (Å²) in [5.41, 5.74) is 2.32. The second-order valence-electron chi connectivity index (χ2n) is 7.87.